The summed E-state index contributed by atoms with van der Waals surface area (Å²) in [5, 5.41) is 4.38. The fourth-order valence-corrected chi connectivity index (χ4v) is 4.37. The van der Waals surface area contributed by atoms with Crippen molar-refractivity contribution in [3.8, 4) is 0 Å². The van der Waals surface area contributed by atoms with Crippen LogP contribution in [0.2, 0.25) is 0 Å². The zero-order chi connectivity index (χ0) is 20.2. The normalized spacial score (nSPS) is 20.7. The monoisotopic (exact) mass is 394 g/mol. The molecule has 0 spiro atoms. The molecule has 2 fully saturated rings. The number of nitrogens with zero attached hydrogens (tertiary/aromatic N) is 4. The zero-order valence-corrected chi connectivity index (χ0v) is 17.2. The second-order valence-electron chi connectivity index (χ2n) is 8.49. The molecule has 6 heteroatoms. The Labute approximate surface area is 172 Å². The van der Waals surface area contributed by atoms with Crippen molar-refractivity contribution in [2.24, 2.45) is 11.8 Å². The number of carbonyl (C=O) groups excluding carboxylic acids is 1. The highest BCUT2D eigenvalue weighted by Gasteiger charge is 2.31. The molecule has 1 aromatic heterocycles. The first-order chi connectivity index (χ1) is 14.1. The molecule has 2 saturated heterocycles. The van der Waals surface area contributed by atoms with Crippen LogP contribution in [0.4, 0.5) is 5.69 Å². The maximum Gasteiger partial charge on any atom is 0.269 e. The van der Waals surface area contributed by atoms with Crippen LogP contribution in [0.15, 0.2) is 47.4 Å². The van der Waals surface area contributed by atoms with Crippen LogP contribution in [0.25, 0.3) is 0 Å². The Kier molecular flexibility index (Phi) is 5.97. The molecule has 2 aliphatic heterocycles. The summed E-state index contributed by atoms with van der Waals surface area (Å²) in [6.07, 6.45) is 5.87. The van der Waals surface area contributed by atoms with E-state index in [1.54, 1.807) is 12.3 Å². The molecule has 2 aromatic rings. The molecule has 29 heavy (non-hydrogen) atoms. The molecule has 2 aliphatic rings. The van der Waals surface area contributed by atoms with Gasteiger partial charge in [-0.25, -0.2) is 4.68 Å². The summed E-state index contributed by atoms with van der Waals surface area (Å²) < 4.78 is 1.49. The van der Waals surface area contributed by atoms with Gasteiger partial charge in [-0.2, -0.15) is 5.10 Å². The summed E-state index contributed by atoms with van der Waals surface area (Å²) in [5.74, 6) is 1.02. The average molecular weight is 395 g/mol. The van der Waals surface area contributed by atoms with Crippen molar-refractivity contribution in [2.75, 3.05) is 31.1 Å². The van der Waals surface area contributed by atoms with E-state index in [1.807, 2.05) is 35.2 Å². The second-order valence-corrected chi connectivity index (χ2v) is 8.49. The fraction of sp³-hybridized carbons (Fsp3) is 0.522. The van der Waals surface area contributed by atoms with Crippen molar-refractivity contribution in [2.45, 2.75) is 39.2 Å². The second kappa shape index (κ2) is 8.80. The minimum Gasteiger partial charge on any atom is -0.369 e. The van der Waals surface area contributed by atoms with E-state index in [2.05, 4.69) is 16.9 Å². The third-order valence-electron chi connectivity index (χ3n) is 6.26. The number of likely N-dealkylation sites (tertiary alicyclic amines) is 1. The SMILES string of the molecule is CC1CCN(C(=O)[C@H]2CCCN(c3cnn(Cc4ccccc4)c(=O)c3)C2)CC1. The van der Waals surface area contributed by atoms with Crippen molar-refractivity contribution in [1.29, 1.82) is 0 Å². The number of amides is 1. The number of hydrogen-bond acceptors (Lipinski definition) is 4. The smallest absolute Gasteiger partial charge is 0.269 e. The summed E-state index contributed by atoms with van der Waals surface area (Å²) >= 11 is 0. The highest BCUT2D eigenvalue weighted by Crippen LogP contribution is 2.25. The minimum atomic E-state index is -0.107. The first-order valence-corrected chi connectivity index (χ1v) is 10.7. The van der Waals surface area contributed by atoms with E-state index >= 15 is 0 Å². The molecule has 1 amide bonds. The summed E-state index contributed by atoms with van der Waals surface area (Å²) in [5.41, 5.74) is 1.77. The number of carbonyl (C=O) groups is 1. The van der Waals surface area contributed by atoms with Gasteiger partial charge in [0.05, 0.1) is 24.3 Å². The molecule has 4 rings (SSSR count). The van der Waals surface area contributed by atoms with Crippen LogP contribution in [0, 0.1) is 11.8 Å². The zero-order valence-electron chi connectivity index (χ0n) is 17.2. The van der Waals surface area contributed by atoms with E-state index in [0.29, 0.717) is 13.1 Å². The molecular weight excluding hydrogens is 364 g/mol. The quantitative estimate of drug-likeness (QED) is 0.800. The summed E-state index contributed by atoms with van der Waals surface area (Å²) in [6, 6.07) is 11.5. The highest BCUT2D eigenvalue weighted by molar-refractivity contribution is 5.80. The Morgan fingerprint density at radius 2 is 1.86 bits per heavy atom. The Morgan fingerprint density at radius 3 is 2.59 bits per heavy atom. The molecular formula is C23H30N4O2. The molecule has 154 valence electrons. The van der Waals surface area contributed by atoms with E-state index in [9.17, 15) is 9.59 Å². The summed E-state index contributed by atoms with van der Waals surface area (Å²) in [7, 11) is 0. The van der Waals surface area contributed by atoms with Crippen LogP contribution in [0.5, 0.6) is 0 Å². The van der Waals surface area contributed by atoms with E-state index in [4.69, 9.17) is 0 Å². The number of hydrogen-bond donors (Lipinski definition) is 0. The van der Waals surface area contributed by atoms with Crippen LogP contribution in [0.3, 0.4) is 0 Å². The van der Waals surface area contributed by atoms with E-state index in [1.165, 1.54) is 4.68 Å². The Balaban J connectivity index is 1.42. The molecule has 1 atom stereocenters. The van der Waals surface area contributed by atoms with Crippen LogP contribution >= 0.6 is 0 Å². The van der Waals surface area contributed by atoms with Crippen molar-refractivity contribution < 1.29 is 4.79 Å². The van der Waals surface area contributed by atoms with Gasteiger partial charge < -0.3 is 9.80 Å². The summed E-state index contributed by atoms with van der Waals surface area (Å²) in [6.45, 7) is 6.03. The fourth-order valence-electron chi connectivity index (χ4n) is 4.37. The van der Waals surface area contributed by atoms with E-state index in [-0.39, 0.29) is 17.4 Å². The average Bonchev–Trinajstić information content (AvgIpc) is 2.76. The largest absolute Gasteiger partial charge is 0.369 e. The lowest BCUT2D eigenvalue weighted by Gasteiger charge is -2.38. The number of benzene rings is 1. The summed E-state index contributed by atoms with van der Waals surface area (Å²) in [4.78, 5) is 29.8. The first kappa shape index (κ1) is 19.7. The van der Waals surface area contributed by atoms with Gasteiger partial charge in [0, 0.05) is 32.2 Å². The maximum absolute atomic E-state index is 13.0. The van der Waals surface area contributed by atoms with Gasteiger partial charge in [0.15, 0.2) is 0 Å². The third kappa shape index (κ3) is 4.69. The molecule has 0 N–H and O–H groups in total. The molecule has 3 heterocycles. The topological polar surface area (TPSA) is 58.4 Å². The number of rotatable bonds is 4. The van der Waals surface area contributed by atoms with Gasteiger partial charge in [-0.1, -0.05) is 37.3 Å². The Bertz CT molecular complexity index is 887. The molecule has 1 aromatic carbocycles. The van der Waals surface area contributed by atoms with Gasteiger partial charge in [-0.3, -0.25) is 9.59 Å². The Morgan fingerprint density at radius 1 is 1.10 bits per heavy atom. The predicted molar refractivity (Wildman–Crippen MR) is 114 cm³/mol. The predicted octanol–water partition coefficient (Wildman–Crippen LogP) is 2.77. The number of piperidine rings is 2. The number of aromatic nitrogens is 2. The van der Waals surface area contributed by atoms with Gasteiger partial charge >= 0.3 is 0 Å². The van der Waals surface area contributed by atoms with Crippen molar-refractivity contribution in [3.05, 3.63) is 58.5 Å². The molecule has 0 aliphatic carbocycles. The first-order valence-electron chi connectivity index (χ1n) is 10.7. The Hall–Kier alpha value is -2.63. The minimum absolute atomic E-state index is 0.0175. The maximum atomic E-state index is 13.0. The van der Waals surface area contributed by atoms with Gasteiger partial charge in [0.25, 0.3) is 5.56 Å². The van der Waals surface area contributed by atoms with E-state index < -0.39 is 0 Å². The van der Waals surface area contributed by atoms with Gasteiger partial charge in [-0.15, -0.1) is 0 Å². The molecule has 6 nitrogen and oxygen atoms in total. The highest BCUT2D eigenvalue weighted by atomic mass is 16.2. The third-order valence-corrected chi connectivity index (χ3v) is 6.26. The van der Waals surface area contributed by atoms with E-state index in [0.717, 1.165) is 62.5 Å². The molecule has 0 bridgehead atoms. The van der Waals surface area contributed by atoms with Gasteiger partial charge in [-0.05, 0) is 37.2 Å². The van der Waals surface area contributed by atoms with Crippen LogP contribution < -0.4 is 10.5 Å². The lowest BCUT2D eigenvalue weighted by Crippen LogP contribution is -2.47. The van der Waals surface area contributed by atoms with Crippen LogP contribution in [0.1, 0.15) is 38.2 Å². The van der Waals surface area contributed by atoms with Gasteiger partial charge in [0.2, 0.25) is 5.91 Å². The van der Waals surface area contributed by atoms with Gasteiger partial charge in [0.1, 0.15) is 0 Å². The lowest BCUT2D eigenvalue weighted by molar-refractivity contribution is -0.137. The van der Waals surface area contributed by atoms with Crippen molar-refractivity contribution >= 4 is 11.6 Å². The van der Waals surface area contributed by atoms with Crippen molar-refractivity contribution in [1.82, 2.24) is 14.7 Å². The van der Waals surface area contributed by atoms with Crippen LogP contribution in [-0.4, -0.2) is 46.8 Å². The lowest BCUT2D eigenvalue weighted by atomic mass is 9.93. The van der Waals surface area contributed by atoms with Crippen molar-refractivity contribution in [3.63, 3.8) is 0 Å². The number of anilines is 1. The van der Waals surface area contributed by atoms with Crippen LogP contribution in [-0.2, 0) is 11.3 Å². The standard InChI is InChI=1S/C23H30N4O2/c1-18-9-12-25(13-10-18)23(29)20-8-5-11-26(17-20)21-14-22(28)27(24-15-21)16-19-6-3-2-4-7-19/h2-4,6-7,14-15,18,20H,5,8-13,16-17H2,1H3/t20-/m0/s1. The molecule has 0 unspecified atom stereocenters. The molecule has 0 saturated carbocycles. The molecule has 0 radical (unpaired) electrons.